The Labute approximate surface area is 171 Å². The monoisotopic (exact) mass is 378 g/mol. The van der Waals surface area contributed by atoms with E-state index in [1.807, 2.05) is 0 Å². The molecule has 1 aliphatic rings. The largest absolute Gasteiger partial charge is 0.299 e. The van der Waals surface area contributed by atoms with Crippen LogP contribution < -0.4 is 0 Å². The Kier molecular flexibility index (Phi) is 15.2. The number of Topliss-reactive ketones (excluding diaryl/α,β-unsaturated/α-hetero) is 1. The van der Waals surface area contributed by atoms with Gasteiger partial charge in [0.2, 0.25) is 0 Å². The first-order valence-electron chi connectivity index (χ1n) is 12.8. The van der Waals surface area contributed by atoms with E-state index >= 15 is 0 Å². The highest BCUT2D eigenvalue weighted by molar-refractivity contribution is 5.85. The summed E-state index contributed by atoms with van der Waals surface area (Å²) in [6, 6.07) is 0. The minimum atomic E-state index is 0.0860. The van der Waals surface area contributed by atoms with Crippen LogP contribution in [0.15, 0.2) is 0 Å². The Morgan fingerprint density at radius 1 is 0.593 bits per heavy atom. The van der Waals surface area contributed by atoms with Gasteiger partial charge >= 0.3 is 0 Å². The number of carbonyl (C=O) groups is 1. The molecule has 0 aromatic carbocycles. The van der Waals surface area contributed by atoms with Crippen molar-refractivity contribution < 1.29 is 4.79 Å². The van der Waals surface area contributed by atoms with E-state index in [0.717, 1.165) is 12.8 Å². The molecule has 1 fully saturated rings. The van der Waals surface area contributed by atoms with E-state index in [-0.39, 0.29) is 5.41 Å². The van der Waals surface area contributed by atoms with Crippen molar-refractivity contribution in [1.82, 2.24) is 0 Å². The second kappa shape index (κ2) is 16.6. The molecule has 1 aliphatic carbocycles. The average Bonchev–Trinajstić information content (AvgIpc) is 2.68. The summed E-state index contributed by atoms with van der Waals surface area (Å²) in [5.41, 5.74) is 0.0860. The molecule has 0 radical (unpaired) electrons. The summed E-state index contributed by atoms with van der Waals surface area (Å²) in [6.07, 6.45) is 28.8. The van der Waals surface area contributed by atoms with E-state index in [1.165, 1.54) is 128 Å². The van der Waals surface area contributed by atoms with Crippen molar-refractivity contribution in [2.75, 3.05) is 0 Å². The molecule has 0 heterocycles. The van der Waals surface area contributed by atoms with Gasteiger partial charge < -0.3 is 0 Å². The summed E-state index contributed by atoms with van der Waals surface area (Å²) in [6.45, 7) is 4.57. The smallest absolute Gasteiger partial charge is 0.139 e. The first-order chi connectivity index (χ1) is 13.2. The fourth-order valence-electron chi connectivity index (χ4n) is 5.00. The Bertz CT molecular complexity index is 326. The zero-order valence-corrected chi connectivity index (χ0v) is 19.0. The van der Waals surface area contributed by atoms with E-state index in [1.54, 1.807) is 0 Å². The molecule has 0 N–H and O–H groups in total. The van der Waals surface area contributed by atoms with Crippen molar-refractivity contribution in [2.45, 2.75) is 155 Å². The van der Waals surface area contributed by atoms with E-state index < -0.39 is 0 Å². The van der Waals surface area contributed by atoms with Gasteiger partial charge in [0.15, 0.2) is 0 Å². The van der Waals surface area contributed by atoms with Crippen molar-refractivity contribution in [3.63, 3.8) is 0 Å². The van der Waals surface area contributed by atoms with Crippen LogP contribution in [0.25, 0.3) is 0 Å². The van der Waals surface area contributed by atoms with Crippen LogP contribution >= 0.6 is 0 Å². The molecule has 0 saturated heterocycles. The van der Waals surface area contributed by atoms with Crippen molar-refractivity contribution >= 4 is 5.78 Å². The topological polar surface area (TPSA) is 17.1 Å². The van der Waals surface area contributed by atoms with E-state index in [0.29, 0.717) is 5.78 Å². The van der Waals surface area contributed by atoms with Gasteiger partial charge in [-0.05, 0) is 25.7 Å². The van der Waals surface area contributed by atoms with Crippen LogP contribution in [0.5, 0.6) is 0 Å². The van der Waals surface area contributed by atoms with Gasteiger partial charge in [0.1, 0.15) is 5.78 Å². The van der Waals surface area contributed by atoms with Crippen LogP contribution in [0.1, 0.15) is 155 Å². The third-order valence-electron chi connectivity index (χ3n) is 6.92. The van der Waals surface area contributed by atoms with Crippen molar-refractivity contribution in [1.29, 1.82) is 0 Å². The van der Waals surface area contributed by atoms with Gasteiger partial charge in [-0.3, -0.25) is 4.79 Å². The molecule has 0 spiro atoms. The molecule has 1 saturated carbocycles. The first-order valence-corrected chi connectivity index (χ1v) is 12.8. The standard InChI is InChI=1S/C26H50O/c1-3-5-7-9-11-13-15-18-22-26(24-20-17-21-25(26)27)23-19-16-14-12-10-8-6-4-2/h3-24H2,1-2H3. The quantitative estimate of drug-likeness (QED) is 0.217. The Hall–Kier alpha value is -0.330. The van der Waals surface area contributed by atoms with Crippen molar-refractivity contribution in [3.8, 4) is 0 Å². The Balaban J connectivity index is 2.20. The third-order valence-corrected chi connectivity index (χ3v) is 6.92. The molecule has 0 amide bonds. The summed E-state index contributed by atoms with van der Waals surface area (Å²) in [5.74, 6) is 0.625. The highest BCUT2D eigenvalue weighted by Crippen LogP contribution is 2.42. The zero-order valence-electron chi connectivity index (χ0n) is 19.0. The highest BCUT2D eigenvalue weighted by Gasteiger charge is 2.38. The predicted molar refractivity (Wildman–Crippen MR) is 120 cm³/mol. The lowest BCUT2D eigenvalue weighted by molar-refractivity contribution is -0.132. The molecule has 0 aliphatic heterocycles. The minimum Gasteiger partial charge on any atom is -0.299 e. The Morgan fingerprint density at radius 3 is 1.41 bits per heavy atom. The molecule has 1 nitrogen and oxygen atoms in total. The average molecular weight is 379 g/mol. The molecule has 1 heteroatoms. The molecule has 0 aromatic rings. The molecule has 0 aromatic heterocycles. The van der Waals surface area contributed by atoms with E-state index in [2.05, 4.69) is 13.8 Å². The molecular weight excluding hydrogens is 328 g/mol. The SMILES string of the molecule is CCCCCCCCCCC1(CCCCCCCCCC)CCCCC1=O. The van der Waals surface area contributed by atoms with Gasteiger partial charge in [0.25, 0.3) is 0 Å². The van der Waals surface area contributed by atoms with Gasteiger partial charge in [0, 0.05) is 11.8 Å². The van der Waals surface area contributed by atoms with Crippen molar-refractivity contribution in [3.05, 3.63) is 0 Å². The van der Waals surface area contributed by atoms with Crippen LogP contribution in [0.4, 0.5) is 0 Å². The zero-order chi connectivity index (χ0) is 19.6. The molecule has 0 bridgehead atoms. The summed E-state index contributed by atoms with van der Waals surface area (Å²) in [4.78, 5) is 12.8. The second-order valence-electron chi connectivity index (χ2n) is 9.36. The third kappa shape index (κ3) is 11.3. The van der Waals surface area contributed by atoms with Gasteiger partial charge in [-0.25, -0.2) is 0 Å². The van der Waals surface area contributed by atoms with E-state index in [4.69, 9.17) is 0 Å². The molecule has 0 unspecified atom stereocenters. The number of hydrogen-bond donors (Lipinski definition) is 0. The number of hydrogen-bond acceptors (Lipinski definition) is 1. The van der Waals surface area contributed by atoms with Gasteiger partial charge in [0.05, 0.1) is 0 Å². The maximum Gasteiger partial charge on any atom is 0.139 e. The number of ketones is 1. The molecule has 27 heavy (non-hydrogen) atoms. The lowest BCUT2D eigenvalue weighted by Crippen LogP contribution is -2.34. The van der Waals surface area contributed by atoms with Crippen LogP contribution in [-0.2, 0) is 4.79 Å². The van der Waals surface area contributed by atoms with Crippen LogP contribution in [0.3, 0.4) is 0 Å². The van der Waals surface area contributed by atoms with Crippen LogP contribution in [-0.4, -0.2) is 5.78 Å². The molecule has 0 atom stereocenters. The van der Waals surface area contributed by atoms with E-state index in [9.17, 15) is 4.79 Å². The minimum absolute atomic E-state index is 0.0860. The first kappa shape index (κ1) is 24.7. The number of rotatable bonds is 18. The maximum absolute atomic E-state index is 12.8. The fraction of sp³-hybridized carbons (Fsp3) is 0.962. The lowest BCUT2D eigenvalue weighted by atomic mass is 9.67. The Morgan fingerprint density at radius 2 is 1.00 bits per heavy atom. The van der Waals surface area contributed by atoms with Gasteiger partial charge in [-0.15, -0.1) is 0 Å². The van der Waals surface area contributed by atoms with Gasteiger partial charge in [-0.2, -0.15) is 0 Å². The second-order valence-corrected chi connectivity index (χ2v) is 9.36. The maximum atomic E-state index is 12.8. The summed E-state index contributed by atoms with van der Waals surface area (Å²) in [5, 5.41) is 0. The summed E-state index contributed by atoms with van der Waals surface area (Å²) >= 11 is 0. The van der Waals surface area contributed by atoms with Gasteiger partial charge in [-0.1, -0.05) is 123 Å². The normalized spacial score (nSPS) is 16.7. The highest BCUT2D eigenvalue weighted by atomic mass is 16.1. The molecule has 1 rings (SSSR count). The fourth-order valence-corrected chi connectivity index (χ4v) is 5.00. The van der Waals surface area contributed by atoms with Crippen LogP contribution in [0, 0.1) is 5.41 Å². The number of carbonyl (C=O) groups excluding carboxylic acids is 1. The lowest BCUT2D eigenvalue weighted by Gasteiger charge is -2.36. The summed E-state index contributed by atoms with van der Waals surface area (Å²) in [7, 11) is 0. The van der Waals surface area contributed by atoms with Crippen LogP contribution in [0.2, 0.25) is 0 Å². The van der Waals surface area contributed by atoms with Crippen molar-refractivity contribution in [2.24, 2.45) is 5.41 Å². The molecular formula is C26H50O. The summed E-state index contributed by atoms with van der Waals surface area (Å²) < 4.78 is 0. The molecule has 160 valence electrons. The number of unbranched alkanes of at least 4 members (excludes halogenated alkanes) is 14. The predicted octanol–water partition coefficient (Wildman–Crippen LogP) is 9.18.